The van der Waals surface area contributed by atoms with Crippen LogP contribution in [-0.4, -0.2) is 176 Å². The molecule has 0 aromatic rings. The molecule has 0 spiro atoms. The predicted molar refractivity (Wildman–Crippen MR) is 189 cm³/mol. The van der Waals surface area contributed by atoms with Gasteiger partial charge in [-0.3, -0.25) is 4.79 Å². The first-order valence-electron chi connectivity index (χ1n) is 18.6. The lowest BCUT2D eigenvalue weighted by atomic mass is 9.73. The van der Waals surface area contributed by atoms with Gasteiger partial charge in [0.05, 0.1) is 48.3 Å². The van der Waals surface area contributed by atoms with Gasteiger partial charge in [0.2, 0.25) is 0 Å². The Kier molecular flexibility index (Phi) is 16.1. The Balaban J connectivity index is 2.16. The Hall–Kier alpha value is -1.58. The van der Waals surface area contributed by atoms with Crippen LogP contribution in [0.5, 0.6) is 0 Å². The van der Waals surface area contributed by atoms with Gasteiger partial charge in [0.1, 0.15) is 36.1 Å². The largest absolute Gasteiger partial charge is 0.459 e. The normalized spacial score (nSPS) is 49.0. The molecule has 0 aliphatic carbocycles. The third kappa shape index (κ3) is 10.1. The van der Waals surface area contributed by atoms with Crippen molar-refractivity contribution in [3.05, 3.63) is 0 Å². The molecule has 3 heterocycles. The summed E-state index contributed by atoms with van der Waals surface area (Å²) in [4.78, 5) is 21.2. The molecule has 0 aromatic heterocycles. The first-order chi connectivity index (χ1) is 24.5. The smallest absolute Gasteiger partial charge is 0.311 e. The molecule has 0 aromatic carbocycles. The van der Waals surface area contributed by atoms with Crippen LogP contribution in [0.2, 0.25) is 0 Å². The van der Waals surface area contributed by atoms with Gasteiger partial charge >= 0.3 is 5.97 Å². The van der Waals surface area contributed by atoms with Crippen LogP contribution in [0, 0.1) is 23.7 Å². The first kappa shape index (κ1) is 45.8. The molecular weight excluding hydrogens is 700 g/mol. The zero-order valence-corrected chi connectivity index (χ0v) is 33.0. The van der Waals surface area contributed by atoms with Gasteiger partial charge < -0.3 is 74.3 Å². The molecule has 3 rings (SSSR count). The number of aliphatic hydroxyl groups excluding tert-OH is 6. The molecule has 8 N–H and O–H groups in total. The number of esters is 1. The van der Waals surface area contributed by atoms with Gasteiger partial charge in [-0.15, -0.1) is 0 Å². The van der Waals surface area contributed by atoms with Crippen molar-refractivity contribution in [3.8, 4) is 0 Å². The average molecular weight is 767 g/mol. The third-order valence-electron chi connectivity index (χ3n) is 11.4. The Morgan fingerprint density at radius 1 is 0.906 bits per heavy atom. The lowest BCUT2D eigenvalue weighted by Crippen LogP contribution is -2.60. The summed E-state index contributed by atoms with van der Waals surface area (Å²) in [6, 6.07) is -0.351. The van der Waals surface area contributed by atoms with Crippen LogP contribution in [0.4, 0.5) is 0 Å². The molecule has 310 valence electrons. The number of hydrogen-bond donors (Lipinski definition) is 8. The molecule has 3 saturated heterocycles. The van der Waals surface area contributed by atoms with Crippen LogP contribution in [0.1, 0.15) is 74.7 Å². The summed E-state index contributed by atoms with van der Waals surface area (Å²) in [5.74, 6) is -4.85. The summed E-state index contributed by atoms with van der Waals surface area (Å²) in [6.45, 7) is 11.9. The highest BCUT2D eigenvalue weighted by molar-refractivity contribution is 5.88. The quantitative estimate of drug-likeness (QED) is 0.110. The number of aliphatic hydroxyl groups is 8. The van der Waals surface area contributed by atoms with E-state index in [1.165, 1.54) is 27.9 Å². The van der Waals surface area contributed by atoms with Crippen molar-refractivity contribution in [2.24, 2.45) is 28.8 Å². The lowest BCUT2D eigenvalue weighted by Gasteiger charge is -2.47. The molecule has 0 radical (unpaired) electrons. The summed E-state index contributed by atoms with van der Waals surface area (Å²) in [5, 5.41) is 94.7. The number of methoxy groups -OCH3 is 1. The standard InChI is InChI=1S/C36H66N2O15/c1-12-23-36(8,47)30(44)18(4)24(37-53-29-27(42)22(15-39)50-33(48-11)28(29)43)16(2)14-35(7,46)31(19(5)25(40)20(6)32(45)51-23)52-34-26(41)21(38(9)10)13-17(3)49-34/h16-23,25-31,33-34,39-44,46-47H,12-15H2,1-11H3/b37-24+/t16-,17-,18+,19+,20-,21+,22-,23+,25+,26-,27-,28-,29-,30-,31-,33-,34+,35-,36-/m1/s1. The molecule has 17 nitrogen and oxygen atoms in total. The maximum atomic E-state index is 13.5. The summed E-state index contributed by atoms with van der Waals surface area (Å²) in [7, 11) is 4.90. The van der Waals surface area contributed by atoms with E-state index < -0.39 is 115 Å². The average Bonchev–Trinajstić information content (AvgIpc) is 3.09. The molecule has 3 aliphatic heterocycles. The molecule has 3 fully saturated rings. The van der Waals surface area contributed by atoms with Crippen molar-refractivity contribution in [2.45, 2.75) is 166 Å². The molecule has 19 atom stereocenters. The van der Waals surface area contributed by atoms with Gasteiger partial charge in [-0.05, 0) is 61.1 Å². The zero-order chi connectivity index (χ0) is 40.3. The molecule has 53 heavy (non-hydrogen) atoms. The number of rotatable bonds is 8. The third-order valence-corrected chi connectivity index (χ3v) is 11.4. The number of cyclic esters (lactones) is 1. The number of ether oxygens (including phenoxy) is 5. The van der Waals surface area contributed by atoms with Crippen LogP contribution >= 0.6 is 0 Å². The monoisotopic (exact) mass is 766 g/mol. The summed E-state index contributed by atoms with van der Waals surface area (Å²) >= 11 is 0. The fraction of sp³-hybridized carbons (Fsp3) is 0.944. The second-order valence-electron chi connectivity index (χ2n) is 16.1. The van der Waals surface area contributed by atoms with E-state index in [-0.39, 0.29) is 30.7 Å². The summed E-state index contributed by atoms with van der Waals surface area (Å²) < 4.78 is 28.8. The number of oxime groups is 1. The SMILES string of the molecule is CC[C@@H]1OC(=O)[C@H](C)[C@@H](O)[C@H](C)[C@@H](O[C@@H]2O[C@H](C)C[C@H](N(C)C)[C@H]2O)[C@](C)(O)C[C@@H](C)/C(=N\O[C@H]2[C@@H](O)[C@H](OC)O[C@H](CO)[C@H]2O)[C@H](C)[C@@H](O)[C@]1(C)O. The van der Waals surface area contributed by atoms with Gasteiger partial charge in [0.25, 0.3) is 0 Å². The van der Waals surface area contributed by atoms with Crippen LogP contribution < -0.4 is 0 Å². The Labute approximate surface area is 312 Å². The van der Waals surface area contributed by atoms with Crippen molar-refractivity contribution in [1.82, 2.24) is 4.90 Å². The molecule has 0 unspecified atom stereocenters. The minimum absolute atomic E-state index is 0.0762. The number of likely N-dealkylation sites (N-methyl/N-ethyl adjacent to an activating group) is 1. The Bertz CT molecular complexity index is 1190. The summed E-state index contributed by atoms with van der Waals surface area (Å²) in [6.07, 6.45) is -15.0. The fourth-order valence-corrected chi connectivity index (χ4v) is 8.09. The van der Waals surface area contributed by atoms with Gasteiger partial charge in [-0.2, -0.15) is 0 Å². The van der Waals surface area contributed by atoms with Crippen molar-refractivity contribution in [1.29, 1.82) is 0 Å². The topological polar surface area (TPSA) is 250 Å². The number of nitrogens with zero attached hydrogens (tertiary/aromatic N) is 2. The maximum Gasteiger partial charge on any atom is 0.311 e. The van der Waals surface area contributed by atoms with E-state index in [0.717, 1.165) is 0 Å². The van der Waals surface area contributed by atoms with E-state index in [1.54, 1.807) is 27.7 Å². The number of hydrogen-bond acceptors (Lipinski definition) is 17. The van der Waals surface area contributed by atoms with Crippen LogP contribution in [-0.2, 0) is 33.3 Å². The van der Waals surface area contributed by atoms with Gasteiger partial charge in [0.15, 0.2) is 18.7 Å². The van der Waals surface area contributed by atoms with E-state index >= 15 is 0 Å². The van der Waals surface area contributed by atoms with E-state index in [9.17, 15) is 45.6 Å². The van der Waals surface area contributed by atoms with Crippen LogP contribution in [0.3, 0.4) is 0 Å². The van der Waals surface area contributed by atoms with Crippen molar-refractivity contribution >= 4 is 11.7 Å². The second kappa shape index (κ2) is 18.6. The molecule has 0 amide bonds. The molecule has 0 saturated carbocycles. The molecule has 17 heteroatoms. The van der Waals surface area contributed by atoms with Crippen molar-refractivity contribution < 1.29 is 74.2 Å². The highest BCUT2D eigenvalue weighted by atomic mass is 16.7. The van der Waals surface area contributed by atoms with Crippen LogP contribution in [0.25, 0.3) is 0 Å². The van der Waals surface area contributed by atoms with Crippen LogP contribution in [0.15, 0.2) is 5.16 Å². The van der Waals surface area contributed by atoms with E-state index in [4.69, 9.17) is 28.5 Å². The predicted octanol–water partition coefficient (Wildman–Crippen LogP) is -0.882. The number of carbonyl (C=O) groups is 1. The van der Waals surface area contributed by atoms with Gasteiger partial charge in [0, 0.05) is 30.9 Å². The van der Waals surface area contributed by atoms with E-state index in [1.807, 2.05) is 25.9 Å². The highest BCUT2D eigenvalue weighted by Crippen LogP contribution is 2.38. The maximum absolute atomic E-state index is 13.5. The minimum Gasteiger partial charge on any atom is -0.459 e. The Morgan fingerprint density at radius 2 is 1.53 bits per heavy atom. The Morgan fingerprint density at radius 3 is 2.08 bits per heavy atom. The zero-order valence-electron chi connectivity index (χ0n) is 33.0. The summed E-state index contributed by atoms with van der Waals surface area (Å²) in [5.41, 5.74) is -3.84. The van der Waals surface area contributed by atoms with Crippen molar-refractivity contribution in [2.75, 3.05) is 27.8 Å². The van der Waals surface area contributed by atoms with Gasteiger partial charge in [-0.1, -0.05) is 32.9 Å². The van der Waals surface area contributed by atoms with Crippen molar-refractivity contribution in [3.63, 3.8) is 0 Å². The molecule has 3 aliphatic rings. The van der Waals surface area contributed by atoms with Gasteiger partial charge in [-0.25, -0.2) is 0 Å². The minimum atomic E-state index is -2.06. The second-order valence-corrected chi connectivity index (χ2v) is 16.1. The first-order valence-corrected chi connectivity index (χ1v) is 18.6. The highest BCUT2D eigenvalue weighted by Gasteiger charge is 2.52. The number of carbonyl (C=O) groups excluding carboxylic acids is 1. The molecule has 0 bridgehead atoms. The fourth-order valence-electron chi connectivity index (χ4n) is 8.09. The van der Waals surface area contributed by atoms with E-state index in [0.29, 0.717) is 6.42 Å². The lowest BCUT2D eigenvalue weighted by molar-refractivity contribution is -0.302. The molecular formula is C36H66N2O15. The van der Waals surface area contributed by atoms with E-state index in [2.05, 4.69) is 5.16 Å².